The zero-order valence-corrected chi connectivity index (χ0v) is 13.7. The number of nitrogens with zero attached hydrogens (tertiary/aromatic N) is 2. The fraction of sp³-hybridized carbons (Fsp3) is 0.133. The van der Waals surface area contributed by atoms with E-state index in [-0.39, 0.29) is 11.7 Å². The van der Waals surface area contributed by atoms with Crippen molar-refractivity contribution in [1.29, 1.82) is 0 Å². The van der Waals surface area contributed by atoms with Crippen LogP contribution in [0.15, 0.2) is 51.8 Å². The van der Waals surface area contributed by atoms with Crippen molar-refractivity contribution in [2.24, 2.45) is 11.4 Å². The molecule has 0 spiro atoms. The molecule has 1 aromatic heterocycles. The largest absolute Gasteiger partial charge is 0.454 e. The van der Waals surface area contributed by atoms with Gasteiger partial charge in [-0.05, 0) is 12.1 Å². The summed E-state index contributed by atoms with van der Waals surface area (Å²) >= 11 is 1.29. The summed E-state index contributed by atoms with van der Waals surface area (Å²) in [7, 11) is -1.97. The van der Waals surface area contributed by atoms with Gasteiger partial charge in [0, 0.05) is 19.2 Å². The maximum absolute atomic E-state index is 12.4. The van der Waals surface area contributed by atoms with Crippen molar-refractivity contribution in [3.63, 3.8) is 0 Å². The quantitative estimate of drug-likeness (QED) is 0.712. The molecule has 118 valence electrons. The first-order chi connectivity index (χ1) is 11.0. The fourth-order valence-electron chi connectivity index (χ4n) is 2.35. The van der Waals surface area contributed by atoms with E-state index in [0.29, 0.717) is 16.3 Å². The van der Waals surface area contributed by atoms with Gasteiger partial charge in [-0.1, -0.05) is 29.5 Å². The Bertz CT molecular complexity index is 1070. The van der Waals surface area contributed by atoms with Gasteiger partial charge >= 0.3 is 0 Å². The van der Waals surface area contributed by atoms with Crippen LogP contribution in [0.3, 0.4) is 0 Å². The summed E-state index contributed by atoms with van der Waals surface area (Å²) in [5.41, 5.74) is 0.848. The molecule has 6 nitrogen and oxygen atoms in total. The summed E-state index contributed by atoms with van der Waals surface area (Å²) in [6.45, 7) is 0.204. The Hall–Kier alpha value is -2.32. The number of ether oxygens (including phenoxy) is 2. The second kappa shape index (κ2) is 5.10. The minimum atomic E-state index is -3.74. The highest BCUT2D eigenvalue weighted by molar-refractivity contribution is 7.90. The Morgan fingerprint density at radius 3 is 2.57 bits per heavy atom. The van der Waals surface area contributed by atoms with Gasteiger partial charge in [0.1, 0.15) is 0 Å². The maximum atomic E-state index is 12.4. The van der Waals surface area contributed by atoms with Crippen LogP contribution in [-0.2, 0) is 17.1 Å². The number of hydrogen-bond donors (Lipinski definition) is 0. The van der Waals surface area contributed by atoms with Crippen molar-refractivity contribution in [2.75, 3.05) is 6.79 Å². The molecule has 0 N–H and O–H groups in total. The molecule has 0 saturated heterocycles. The van der Waals surface area contributed by atoms with Crippen molar-refractivity contribution in [3.8, 4) is 11.5 Å². The monoisotopic (exact) mass is 348 g/mol. The summed E-state index contributed by atoms with van der Waals surface area (Å²) in [5, 5.41) is 0. The molecular formula is C15H12N2O4S2. The standard InChI is InChI=1S/C15H12N2O4S2/c1-17-11-7-12-13(21-9-20-12)8-14(11)22-15(17)16-23(18,19)10-5-3-2-4-6-10/h2-8H,9H2,1H3/b16-15-. The van der Waals surface area contributed by atoms with E-state index in [2.05, 4.69) is 4.40 Å². The average molecular weight is 348 g/mol. The number of fused-ring (bicyclic) bond motifs is 2. The number of benzene rings is 2. The third-order valence-electron chi connectivity index (χ3n) is 3.54. The maximum Gasteiger partial charge on any atom is 0.285 e. The van der Waals surface area contributed by atoms with Crippen molar-refractivity contribution in [3.05, 3.63) is 47.3 Å². The molecule has 8 heteroatoms. The smallest absolute Gasteiger partial charge is 0.285 e. The molecule has 0 aliphatic carbocycles. The van der Waals surface area contributed by atoms with E-state index in [9.17, 15) is 8.42 Å². The second-order valence-electron chi connectivity index (χ2n) is 5.00. The van der Waals surface area contributed by atoms with Crippen LogP contribution in [0.25, 0.3) is 10.2 Å². The van der Waals surface area contributed by atoms with Crippen LogP contribution >= 0.6 is 11.3 Å². The van der Waals surface area contributed by atoms with Gasteiger partial charge < -0.3 is 14.0 Å². The predicted molar refractivity (Wildman–Crippen MR) is 86.1 cm³/mol. The van der Waals surface area contributed by atoms with Crippen LogP contribution in [-0.4, -0.2) is 19.8 Å². The third kappa shape index (κ3) is 2.40. The summed E-state index contributed by atoms with van der Waals surface area (Å²) < 4.78 is 42.1. The average Bonchev–Trinajstić information content (AvgIpc) is 3.11. The first kappa shape index (κ1) is 14.3. The molecular weight excluding hydrogens is 336 g/mol. The molecule has 3 aromatic rings. The first-order valence-corrected chi connectivity index (χ1v) is 9.05. The number of rotatable bonds is 2. The molecule has 4 rings (SSSR count). The number of aromatic nitrogens is 1. The van der Waals surface area contributed by atoms with Gasteiger partial charge in [-0.2, -0.15) is 8.42 Å². The van der Waals surface area contributed by atoms with Crippen LogP contribution < -0.4 is 14.3 Å². The van der Waals surface area contributed by atoms with E-state index in [1.54, 1.807) is 29.8 Å². The number of thiazole rings is 1. The van der Waals surface area contributed by atoms with E-state index in [0.717, 1.165) is 10.2 Å². The van der Waals surface area contributed by atoms with Gasteiger partial charge in [0.15, 0.2) is 11.5 Å². The van der Waals surface area contributed by atoms with Crippen molar-refractivity contribution in [2.45, 2.75) is 4.90 Å². The molecule has 0 atom stereocenters. The molecule has 2 heterocycles. The van der Waals surface area contributed by atoms with E-state index in [1.807, 2.05) is 12.1 Å². The summed E-state index contributed by atoms with van der Waals surface area (Å²) in [6.07, 6.45) is 0. The van der Waals surface area contributed by atoms with Crippen LogP contribution in [0.5, 0.6) is 11.5 Å². The molecule has 0 saturated carbocycles. The lowest BCUT2D eigenvalue weighted by Gasteiger charge is -1.99. The zero-order chi connectivity index (χ0) is 16.0. The van der Waals surface area contributed by atoms with Gasteiger partial charge in [0.2, 0.25) is 11.6 Å². The molecule has 0 unspecified atom stereocenters. The normalized spacial score (nSPS) is 14.6. The molecule has 0 fully saturated rings. The Labute approximate surface area is 136 Å². The molecule has 0 radical (unpaired) electrons. The van der Waals surface area contributed by atoms with Gasteiger partial charge in [-0.15, -0.1) is 4.40 Å². The van der Waals surface area contributed by atoms with E-state index in [4.69, 9.17) is 9.47 Å². The summed E-state index contributed by atoms with van der Waals surface area (Å²) in [6, 6.07) is 11.8. The molecule has 2 aromatic carbocycles. The highest BCUT2D eigenvalue weighted by atomic mass is 32.2. The van der Waals surface area contributed by atoms with Crippen molar-refractivity contribution < 1.29 is 17.9 Å². The van der Waals surface area contributed by atoms with Crippen molar-refractivity contribution in [1.82, 2.24) is 4.57 Å². The van der Waals surface area contributed by atoms with E-state index in [1.165, 1.54) is 23.5 Å². The van der Waals surface area contributed by atoms with Gasteiger partial charge in [0.05, 0.1) is 15.1 Å². The zero-order valence-electron chi connectivity index (χ0n) is 12.1. The van der Waals surface area contributed by atoms with Crippen LogP contribution in [0.1, 0.15) is 0 Å². The number of aryl methyl sites for hydroxylation is 1. The minimum absolute atomic E-state index is 0.173. The highest BCUT2D eigenvalue weighted by Gasteiger charge is 2.18. The Kier molecular flexibility index (Phi) is 3.17. The fourth-order valence-corrected chi connectivity index (χ4v) is 4.63. The molecule has 0 bridgehead atoms. The molecule has 1 aliphatic rings. The topological polar surface area (TPSA) is 69.9 Å². The lowest BCUT2D eigenvalue weighted by molar-refractivity contribution is 0.174. The summed E-state index contributed by atoms with van der Waals surface area (Å²) in [5.74, 6) is 1.32. The number of hydrogen-bond acceptors (Lipinski definition) is 5. The SMILES string of the molecule is Cn1/c(=N/S(=O)(=O)c2ccccc2)sc2cc3c(cc21)OCO3. The molecule has 1 aliphatic heterocycles. The van der Waals surface area contributed by atoms with Gasteiger partial charge in [-0.25, -0.2) is 0 Å². The Morgan fingerprint density at radius 1 is 1.13 bits per heavy atom. The van der Waals surface area contributed by atoms with Crippen LogP contribution in [0, 0.1) is 0 Å². The Morgan fingerprint density at radius 2 is 1.83 bits per heavy atom. The molecule has 0 amide bonds. The highest BCUT2D eigenvalue weighted by Crippen LogP contribution is 2.36. The summed E-state index contributed by atoms with van der Waals surface area (Å²) in [4.78, 5) is 0.569. The van der Waals surface area contributed by atoms with Crippen LogP contribution in [0.2, 0.25) is 0 Å². The van der Waals surface area contributed by atoms with Gasteiger partial charge in [-0.3, -0.25) is 0 Å². The van der Waals surface area contributed by atoms with E-state index >= 15 is 0 Å². The Balaban J connectivity index is 1.91. The third-order valence-corrected chi connectivity index (χ3v) is 6.03. The minimum Gasteiger partial charge on any atom is -0.454 e. The molecule has 23 heavy (non-hydrogen) atoms. The van der Waals surface area contributed by atoms with E-state index < -0.39 is 10.0 Å². The lowest BCUT2D eigenvalue weighted by atomic mass is 10.3. The second-order valence-corrected chi connectivity index (χ2v) is 7.61. The first-order valence-electron chi connectivity index (χ1n) is 6.80. The lowest BCUT2D eigenvalue weighted by Crippen LogP contribution is -2.13. The predicted octanol–water partition coefficient (Wildman–Crippen LogP) is 2.26. The van der Waals surface area contributed by atoms with Gasteiger partial charge in [0.25, 0.3) is 10.0 Å². The number of sulfonamides is 1. The van der Waals surface area contributed by atoms with Crippen LogP contribution in [0.4, 0.5) is 0 Å². The van der Waals surface area contributed by atoms with Crippen molar-refractivity contribution >= 4 is 31.6 Å².